The van der Waals surface area contributed by atoms with E-state index in [-0.39, 0.29) is 0 Å². The minimum absolute atomic E-state index is 0.560. The van der Waals surface area contributed by atoms with Crippen LogP contribution in [0.4, 0.5) is 0 Å². The van der Waals surface area contributed by atoms with Gasteiger partial charge in [-0.25, -0.2) is 0 Å². The molecule has 0 aromatic rings. The van der Waals surface area contributed by atoms with Gasteiger partial charge in [-0.05, 0) is 0 Å². The molecule has 1 nitrogen and oxygen atoms in total. The van der Waals surface area contributed by atoms with Gasteiger partial charge in [-0.3, -0.25) is 0 Å². The van der Waals surface area contributed by atoms with Crippen LogP contribution in [0.1, 0.15) is 284 Å². The van der Waals surface area contributed by atoms with E-state index in [2.05, 4.69) is 32.3 Å². The second-order valence-electron chi connectivity index (χ2n) is 23.6. The van der Waals surface area contributed by atoms with Crippen LogP contribution < -0.4 is 5.73 Å². The molecule has 2 N–H and O–H groups in total. The zero-order valence-corrected chi connectivity index (χ0v) is 45.0. The first-order chi connectivity index (χ1) is 29.4. The summed E-state index contributed by atoms with van der Waals surface area (Å²) in [6.07, 6.45) is 66.8. The Bertz CT molecular complexity index is 1040. The van der Waals surface area contributed by atoms with Crippen molar-refractivity contribution < 1.29 is 0 Å². The van der Waals surface area contributed by atoms with Gasteiger partial charge in [0.25, 0.3) is 0 Å². The van der Waals surface area contributed by atoms with Crippen LogP contribution in [0, 0.1) is 0 Å². The fourth-order valence-electron chi connectivity index (χ4n) is 18.8. The molecule has 6 atom stereocenters. The average molecular weight is 908 g/mol. The summed E-state index contributed by atoms with van der Waals surface area (Å²) >= 11 is 0. The first-order valence-corrected chi connectivity index (χ1v) is 35.4. The SMILES string of the molecule is CCCP(C1CCCCCCC1)(C1CCCCCCC1)(C1CCCCCCC1P)C(N)P(CCC)(C1CCCCCCC1)(C1CCCCCCC1)C1CCCCCCC1P. The zero-order valence-electron chi connectivity index (χ0n) is 40.9. The van der Waals surface area contributed by atoms with Crippen LogP contribution in [0.25, 0.3) is 0 Å². The molecule has 0 heterocycles. The van der Waals surface area contributed by atoms with Crippen LogP contribution in [0.2, 0.25) is 0 Å². The van der Waals surface area contributed by atoms with E-state index in [1.807, 2.05) is 0 Å². The van der Waals surface area contributed by atoms with Crippen LogP contribution in [0.15, 0.2) is 0 Å². The quantitative estimate of drug-likeness (QED) is 0.194. The van der Waals surface area contributed by atoms with Crippen molar-refractivity contribution in [2.45, 2.75) is 334 Å². The van der Waals surface area contributed by atoms with E-state index in [1.54, 1.807) is 76.5 Å². The summed E-state index contributed by atoms with van der Waals surface area (Å²) in [4.78, 5) is 0. The summed E-state index contributed by atoms with van der Waals surface area (Å²) in [6.45, 7) is -0.216. The molecule has 6 aliphatic rings. The summed E-state index contributed by atoms with van der Waals surface area (Å²) in [5.74, 6) is 0. The molecule has 6 aliphatic carbocycles. The van der Waals surface area contributed by atoms with Crippen molar-refractivity contribution in [1.29, 1.82) is 0 Å². The van der Waals surface area contributed by atoms with Gasteiger partial charge >= 0.3 is 384 Å². The summed E-state index contributed by atoms with van der Waals surface area (Å²) in [7, 11) is 7.62. The van der Waals surface area contributed by atoms with Crippen molar-refractivity contribution >= 4 is 31.7 Å². The Morgan fingerprint density at radius 2 is 0.533 bits per heavy atom. The molecule has 0 spiro atoms. The van der Waals surface area contributed by atoms with Gasteiger partial charge in [0.05, 0.1) is 0 Å². The van der Waals surface area contributed by atoms with E-state index in [1.165, 1.54) is 205 Å². The van der Waals surface area contributed by atoms with Crippen molar-refractivity contribution in [3.8, 4) is 0 Å². The standard InChI is InChI=1S/C55H109NP4/c1-3-45-59(47-33-21-9-5-10-22-34-47,48-35-23-11-6-12-24-36-48,53-43-31-19-17-29-41-51(53)57)55(56)60(46-4-2,49-37-25-13-7-14-26-38-49,50-39-27-15-8-16-28-40-50)54-44-32-20-18-30-42-52(54)58/h47-55H,3-46,56-58H2,1-2H3. The summed E-state index contributed by atoms with van der Waals surface area (Å²) in [5.41, 5.74) is 17.8. The van der Waals surface area contributed by atoms with E-state index in [0.717, 1.165) is 45.3 Å². The second-order valence-corrected chi connectivity index (χ2v) is 38.4. The van der Waals surface area contributed by atoms with Gasteiger partial charge < -0.3 is 0 Å². The number of nitrogens with two attached hydrogens (primary N) is 1. The monoisotopic (exact) mass is 908 g/mol. The van der Waals surface area contributed by atoms with Crippen molar-refractivity contribution in [2.24, 2.45) is 5.73 Å². The van der Waals surface area contributed by atoms with Crippen molar-refractivity contribution in [2.75, 3.05) is 12.3 Å². The summed E-state index contributed by atoms with van der Waals surface area (Å²) in [5, 5.41) is 0. The fraction of sp³-hybridized carbons (Fsp3) is 1.00. The van der Waals surface area contributed by atoms with E-state index in [9.17, 15) is 5.73 Å². The topological polar surface area (TPSA) is 26.0 Å². The average Bonchev–Trinajstić information content (AvgIpc) is 3.16. The molecule has 0 aromatic heterocycles. The molecule has 0 aliphatic heterocycles. The molecule has 6 unspecified atom stereocenters. The summed E-state index contributed by atoms with van der Waals surface area (Å²) in [6, 6.07) is 0. The Hall–Kier alpha value is 1.68. The predicted octanol–water partition coefficient (Wildman–Crippen LogP) is 18.5. The third-order valence-electron chi connectivity index (χ3n) is 20.8. The molecular formula is C55H109NP4. The molecular weight excluding hydrogens is 799 g/mol. The van der Waals surface area contributed by atoms with Gasteiger partial charge in [0.1, 0.15) is 0 Å². The van der Waals surface area contributed by atoms with Crippen LogP contribution >= 0.6 is 31.7 Å². The number of hydrogen-bond acceptors (Lipinski definition) is 1. The Balaban J connectivity index is 1.83. The molecule has 0 aromatic carbocycles. The van der Waals surface area contributed by atoms with Gasteiger partial charge in [0, 0.05) is 0 Å². The van der Waals surface area contributed by atoms with E-state index in [0.29, 0.717) is 5.52 Å². The van der Waals surface area contributed by atoms with E-state index < -0.39 is 13.2 Å². The molecule has 6 fully saturated rings. The fourth-order valence-corrected chi connectivity index (χ4v) is 52.5. The van der Waals surface area contributed by atoms with Gasteiger partial charge in [0.2, 0.25) is 0 Å². The van der Waals surface area contributed by atoms with Crippen molar-refractivity contribution in [1.82, 2.24) is 0 Å². The minimum atomic E-state index is -2.85. The molecule has 354 valence electrons. The van der Waals surface area contributed by atoms with Crippen molar-refractivity contribution in [3.05, 3.63) is 0 Å². The molecule has 0 saturated heterocycles. The predicted molar refractivity (Wildman–Crippen MR) is 287 cm³/mol. The molecule has 5 heteroatoms. The van der Waals surface area contributed by atoms with Crippen LogP contribution in [0.3, 0.4) is 0 Å². The number of rotatable bonds is 12. The van der Waals surface area contributed by atoms with Gasteiger partial charge in [-0.2, -0.15) is 0 Å². The normalized spacial score (nSPS) is 32.1. The van der Waals surface area contributed by atoms with Gasteiger partial charge in [-0.1, -0.05) is 0 Å². The molecule has 0 bridgehead atoms. The Morgan fingerprint density at radius 3 is 0.767 bits per heavy atom. The maximum absolute atomic E-state index is 10.0. The summed E-state index contributed by atoms with van der Waals surface area (Å²) < 4.78 is 0. The number of hydrogen-bond donors (Lipinski definition) is 1. The first kappa shape index (κ1) is 51.1. The molecule has 6 rings (SSSR count). The van der Waals surface area contributed by atoms with Gasteiger partial charge in [0.15, 0.2) is 0 Å². The van der Waals surface area contributed by atoms with Crippen LogP contribution in [-0.2, 0) is 0 Å². The zero-order chi connectivity index (χ0) is 42.2. The third kappa shape index (κ3) is 10.2. The van der Waals surface area contributed by atoms with Crippen LogP contribution in [-0.4, -0.2) is 63.1 Å². The maximum atomic E-state index is 10.0. The molecule has 60 heavy (non-hydrogen) atoms. The molecule has 0 amide bonds. The Morgan fingerprint density at radius 1 is 0.333 bits per heavy atom. The Labute approximate surface area is 382 Å². The van der Waals surface area contributed by atoms with E-state index in [4.69, 9.17) is 0 Å². The first-order valence-electron chi connectivity index (χ1n) is 28.7. The molecule has 0 radical (unpaired) electrons. The second kappa shape index (κ2) is 25.2. The third-order valence-corrected chi connectivity index (χ3v) is 45.7. The van der Waals surface area contributed by atoms with Crippen molar-refractivity contribution in [3.63, 3.8) is 0 Å². The van der Waals surface area contributed by atoms with E-state index >= 15 is 0 Å². The molecule has 6 saturated carbocycles. The van der Waals surface area contributed by atoms with Gasteiger partial charge in [-0.15, -0.1) is 0 Å². The Kier molecular flexibility index (Phi) is 21.4. The van der Waals surface area contributed by atoms with Crippen LogP contribution in [0.5, 0.6) is 0 Å².